The Kier molecular flexibility index (Phi) is 9.24. The lowest BCUT2D eigenvalue weighted by Crippen LogP contribution is -2.42. The molecule has 1 unspecified atom stereocenters. The van der Waals surface area contributed by atoms with Crippen LogP contribution < -0.4 is 21.6 Å². The maximum atomic E-state index is 13.1. The number of morpholine rings is 1. The third kappa shape index (κ3) is 6.45. The van der Waals surface area contributed by atoms with Crippen molar-refractivity contribution in [2.45, 2.75) is 26.9 Å². The summed E-state index contributed by atoms with van der Waals surface area (Å²) in [6.45, 7) is 11.6. The Morgan fingerprint density at radius 3 is 2.56 bits per heavy atom. The highest BCUT2D eigenvalue weighted by Crippen LogP contribution is 2.21. The van der Waals surface area contributed by atoms with Gasteiger partial charge in [-0.3, -0.25) is 9.56 Å². The highest BCUT2D eigenvalue weighted by Gasteiger charge is 2.16. The van der Waals surface area contributed by atoms with Crippen LogP contribution in [0.25, 0.3) is 0 Å². The number of halogens is 1. The van der Waals surface area contributed by atoms with Gasteiger partial charge in [0.2, 0.25) is 5.95 Å². The first kappa shape index (κ1) is 25.5. The first-order valence-corrected chi connectivity index (χ1v) is 11.8. The van der Waals surface area contributed by atoms with E-state index in [1.165, 1.54) is 4.57 Å². The highest BCUT2D eigenvalue weighted by molar-refractivity contribution is 6.68. The molecule has 10 heteroatoms. The minimum absolute atomic E-state index is 0.174. The van der Waals surface area contributed by atoms with Crippen LogP contribution in [0.4, 0.5) is 17.3 Å². The number of anilines is 3. The van der Waals surface area contributed by atoms with Crippen LogP contribution in [-0.4, -0.2) is 52.1 Å². The van der Waals surface area contributed by atoms with Gasteiger partial charge in [-0.15, -0.1) is 6.58 Å². The fraction of sp³-hybridized carbons (Fsp3) is 0.417. The third-order valence-electron chi connectivity index (χ3n) is 5.45. The average molecular weight is 487 g/mol. The molecule has 1 fully saturated rings. The standard InChI is InChI=1S/C24H31ClN6O3/c1-4-18(7-12-21(25)26-5-2)17-31-22(28-23(32)30(6-3)24(31)33)27-19-8-10-20(11-9-19)29-13-15-34-16-14-29/h4,7-12,18H,1,5-6,13-17H2,2-3H3,(H,27,28,32)/b12-7-,26-21?. The first-order valence-electron chi connectivity index (χ1n) is 11.4. The molecule has 0 radical (unpaired) electrons. The van der Waals surface area contributed by atoms with E-state index in [9.17, 15) is 9.59 Å². The lowest BCUT2D eigenvalue weighted by atomic mass is 10.1. The Hall–Kier alpha value is -3.17. The van der Waals surface area contributed by atoms with Gasteiger partial charge < -0.3 is 15.0 Å². The zero-order valence-electron chi connectivity index (χ0n) is 19.6. The quantitative estimate of drug-likeness (QED) is 0.410. The van der Waals surface area contributed by atoms with Gasteiger partial charge in [-0.25, -0.2) is 14.2 Å². The van der Waals surface area contributed by atoms with Crippen molar-refractivity contribution in [2.75, 3.05) is 43.1 Å². The van der Waals surface area contributed by atoms with Gasteiger partial charge in [-0.2, -0.15) is 4.98 Å². The number of aromatic nitrogens is 3. The van der Waals surface area contributed by atoms with Gasteiger partial charge >= 0.3 is 11.4 Å². The van der Waals surface area contributed by atoms with Crippen molar-refractivity contribution in [3.05, 3.63) is 70.0 Å². The maximum Gasteiger partial charge on any atom is 0.354 e. The van der Waals surface area contributed by atoms with Gasteiger partial charge in [-0.1, -0.05) is 23.8 Å². The van der Waals surface area contributed by atoms with Gasteiger partial charge in [0.05, 0.1) is 13.2 Å². The molecule has 182 valence electrons. The largest absolute Gasteiger partial charge is 0.378 e. The fourth-order valence-electron chi connectivity index (χ4n) is 3.60. The minimum Gasteiger partial charge on any atom is -0.378 e. The van der Waals surface area contributed by atoms with Crippen LogP contribution in [-0.2, 0) is 17.8 Å². The molecule has 0 saturated carbocycles. The zero-order chi connectivity index (χ0) is 24.5. The molecule has 2 heterocycles. The number of allylic oxidation sites excluding steroid dienone is 3. The van der Waals surface area contributed by atoms with E-state index >= 15 is 0 Å². The summed E-state index contributed by atoms with van der Waals surface area (Å²) in [7, 11) is 0. The van der Waals surface area contributed by atoms with E-state index in [4.69, 9.17) is 16.3 Å². The van der Waals surface area contributed by atoms with E-state index in [0.29, 0.717) is 24.9 Å². The minimum atomic E-state index is -0.597. The second-order valence-corrected chi connectivity index (χ2v) is 8.07. The van der Waals surface area contributed by atoms with Crippen molar-refractivity contribution in [3.63, 3.8) is 0 Å². The van der Waals surface area contributed by atoms with Crippen molar-refractivity contribution >= 4 is 34.1 Å². The molecule has 1 N–H and O–H groups in total. The van der Waals surface area contributed by atoms with Gasteiger partial charge in [0, 0.05) is 50.0 Å². The van der Waals surface area contributed by atoms with Gasteiger partial charge in [0.1, 0.15) is 5.17 Å². The molecular formula is C24H31ClN6O3. The molecule has 0 aliphatic carbocycles. The van der Waals surface area contributed by atoms with Crippen LogP contribution in [0.5, 0.6) is 0 Å². The summed E-state index contributed by atoms with van der Waals surface area (Å²) in [6, 6.07) is 7.79. The summed E-state index contributed by atoms with van der Waals surface area (Å²) in [5.41, 5.74) is 0.765. The molecule has 1 aliphatic rings. The molecule has 1 saturated heterocycles. The van der Waals surface area contributed by atoms with Crippen molar-refractivity contribution in [1.82, 2.24) is 14.1 Å². The zero-order valence-corrected chi connectivity index (χ0v) is 20.4. The molecule has 1 aliphatic heterocycles. The SMILES string of the molecule is C=CC(/C=C\C(Cl)=NCC)Cn1c(Nc2ccc(N3CCOCC3)cc2)nc(=O)n(CC)c1=O. The summed E-state index contributed by atoms with van der Waals surface area (Å²) >= 11 is 6.07. The summed E-state index contributed by atoms with van der Waals surface area (Å²) < 4.78 is 7.96. The molecule has 3 rings (SSSR count). The molecule has 0 bridgehead atoms. The monoisotopic (exact) mass is 486 g/mol. The van der Waals surface area contributed by atoms with Crippen LogP contribution in [0.15, 0.2) is 63.7 Å². The Labute approximate surface area is 204 Å². The second kappa shape index (κ2) is 12.3. The number of hydrogen-bond acceptors (Lipinski definition) is 7. The number of rotatable bonds is 10. The van der Waals surface area contributed by atoms with Crippen molar-refractivity contribution in [2.24, 2.45) is 10.9 Å². The number of hydrogen-bond donors (Lipinski definition) is 1. The number of ether oxygens (including phenoxy) is 1. The molecule has 34 heavy (non-hydrogen) atoms. The topological polar surface area (TPSA) is 93.8 Å². The van der Waals surface area contributed by atoms with Crippen LogP contribution >= 0.6 is 11.6 Å². The summed E-state index contributed by atoms with van der Waals surface area (Å²) in [6.07, 6.45) is 5.22. The predicted octanol–water partition coefficient (Wildman–Crippen LogP) is 3.02. The molecule has 1 atom stereocenters. The van der Waals surface area contributed by atoms with Crippen molar-refractivity contribution in [1.29, 1.82) is 0 Å². The van der Waals surface area contributed by atoms with E-state index < -0.39 is 11.4 Å². The molecule has 1 aromatic carbocycles. The Bertz CT molecular complexity index is 1150. The van der Waals surface area contributed by atoms with E-state index in [0.717, 1.165) is 29.0 Å². The Morgan fingerprint density at radius 2 is 1.94 bits per heavy atom. The normalized spacial score (nSPS) is 15.5. The first-order chi connectivity index (χ1) is 16.5. The predicted molar refractivity (Wildman–Crippen MR) is 138 cm³/mol. The Morgan fingerprint density at radius 1 is 1.24 bits per heavy atom. The van der Waals surface area contributed by atoms with E-state index in [1.54, 1.807) is 19.1 Å². The van der Waals surface area contributed by atoms with Gasteiger partial charge in [0.25, 0.3) is 0 Å². The van der Waals surface area contributed by atoms with E-state index in [1.807, 2.05) is 37.3 Å². The lowest BCUT2D eigenvalue weighted by molar-refractivity contribution is 0.122. The smallest absolute Gasteiger partial charge is 0.354 e. The molecule has 9 nitrogen and oxygen atoms in total. The summed E-state index contributed by atoms with van der Waals surface area (Å²) in [5, 5.41) is 3.51. The molecule has 0 spiro atoms. The van der Waals surface area contributed by atoms with Crippen molar-refractivity contribution in [3.8, 4) is 0 Å². The van der Waals surface area contributed by atoms with Crippen LogP contribution in [0, 0.1) is 5.92 Å². The summed E-state index contributed by atoms with van der Waals surface area (Å²) in [5.74, 6) is -0.0558. The third-order valence-corrected chi connectivity index (χ3v) is 5.70. The lowest BCUT2D eigenvalue weighted by Gasteiger charge is -2.29. The van der Waals surface area contributed by atoms with Crippen LogP contribution in [0.3, 0.4) is 0 Å². The number of nitrogens with one attached hydrogen (secondary N) is 1. The number of nitrogens with zero attached hydrogens (tertiary/aromatic N) is 5. The molecular weight excluding hydrogens is 456 g/mol. The maximum absolute atomic E-state index is 13.1. The van der Waals surface area contributed by atoms with E-state index in [-0.39, 0.29) is 25.0 Å². The van der Waals surface area contributed by atoms with Gasteiger partial charge in [-0.05, 0) is 44.2 Å². The highest BCUT2D eigenvalue weighted by atomic mass is 35.5. The van der Waals surface area contributed by atoms with E-state index in [2.05, 4.69) is 26.8 Å². The van der Waals surface area contributed by atoms with Crippen LogP contribution in [0.2, 0.25) is 0 Å². The number of benzene rings is 1. The fourth-order valence-corrected chi connectivity index (χ4v) is 3.79. The Balaban J connectivity index is 1.89. The van der Waals surface area contributed by atoms with Gasteiger partial charge in [0.15, 0.2) is 0 Å². The van der Waals surface area contributed by atoms with Crippen LogP contribution in [0.1, 0.15) is 13.8 Å². The van der Waals surface area contributed by atoms with Crippen molar-refractivity contribution < 1.29 is 4.74 Å². The average Bonchev–Trinajstić information content (AvgIpc) is 2.85. The molecule has 2 aromatic rings. The molecule has 1 aromatic heterocycles. The summed E-state index contributed by atoms with van der Waals surface area (Å²) in [4.78, 5) is 36.1. The number of aliphatic imine (C=N–C) groups is 1. The second-order valence-electron chi connectivity index (χ2n) is 7.68. The molecule has 0 amide bonds.